The average molecular weight is 327 g/mol. The molecular formula is C15H16Cl2N2O2. The number of anilines is 1. The SMILES string of the molecule is O=C1C[C@@H](N2CCCCC2)C(=O)N1c1ccc(Cl)c(Cl)c1. The molecule has 2 aliphatic rings. The van der Waals surface area contributed by atoms with E-state index in [2.05, 4.69) is 4.90 Å². The van der Waals surface area contributed by atoms with Crippen molar-refractivity contribution in [3.8, 4) is 0 Å². The van der Waals surface area contributed by atoms with Gasteiger partial charge >= 0.3 is 0 Å². The molecule has 2 saturated heterocycles. The number of imide groups is 1. The Hall–Kier alpha value is -1.10. The number of nitrogens with zero attached hydrogens (tertiary/aromatic N) is 2. The maximum atomic E-state index is 12.6. The highest BCUT2D eigenvalue weighted by Gasteiger charge is 2.42. The molecule has 6 heteroatoms. The fourth-order valence-electron chi connectivity index (χ4n) is 3.03. The maximum Gasteiger partial charge on any atom is 0.251 e. The van der Waals surface area contributed by atoms with E-state index in [0.29, 0.717) is 15.7 Å². The molecule has 0 spiro atoms. The van der Waals surface area contributed by atoms with Crippen LogP contribution in [0.2, 0.25) is 10.0 Å². The van der Waals surface area contributed by atoms with E-state index in [4.69, 9.17) is 23.2 Å². The molecule has 0 N–H and O–H groups in total. The van der Waals surface area contributed by atoms with Gasteiger partial charge in [-0.25, -0.2) is 4.90 Å². The van der Waals surface area contributed by atoms with Gasteiger partial charge in [0.25, 0.3) is 5.91 Å². The van der Waals surface area contributed by atoms with E-state index in [1.807, 2.05) is 0 Å². The van der Waals surface area contributed by atoms with Crippen molar-refractivity contribution in [1.82, 2.24) is 4.90 Å². The van der Waals surface area contributed by atoms with Gasteiger partial charge in [-0.1, -0.05) is 29.6 Å². The van der Waals surface area contributed by atoms with Gasteiger partial charge in [0.1, 0.15) is 0 Å². The first kappa shape index (κ1) is 14.8. The average Bonchev–Trinajstić information content (AvgIpc) is 2.78. The molecule has 0 bridgehead atoms. The highest BCUT2D eigenvalue weighted by atomic mass is 35.5. The maximum absolute atomic E-state index is 12.6. The molecule has 2 aliphatic heterocycles. The summed E-state index contributed by atoms with van der Waals surface area (Å²) >= 11 is 11.9. The molecule has 4 nitrogen and oxygen atoms in total. The minimum Gasteiger partial charge on any atom is -0.292 e. The third-order valence-electron chi connectivity index (χ3n) is 4.12. The van der Waals surface area contributed by atoms with Crippen LogP contribution in [0.5, 0.6) is 0 Å². The predicted molar refractivity (Wildman–Crippen MR) is 82.8 cm³/mol. The minimum atomic E-state index is -0.327. The van der Waals surface area contributed by atoms with Crippen LogP contribution in [0.4, 0.5) is 5.69 Å². The Labute approximate surface area is 133 Å². The first-order valence-electron chi connectivity index (χ1n) is 7.14. The number of halogens is 2. The van der Waals surface area contributed by atoms with Crippen LogP contribution in [0.15, 0.2) is 18.2 Å². The Kier molecular flexibility index (Phi) is 4.20. The highest BCUT2D eigenvalue weighted by molar-refractivity contribution is 6.42. The quantitative estimate of drug-likeness (QED) is 0.784. The third-order valence-corrected chi connectivity index (χ3v) is 4.85. The van der Waals surface area contributed by atoms with E-state index in [1.54, 1.807) is 18.2 Å². The van der Waals surface area contributed by atoms with Crippen LogP contribution >= 0.6 is 23.2 Å². The molecule has 2 fully saturated rings. The Morgan fingerprint density at radius 3 is 2.38 bits per heavy atom. The summed E-state index contributed by atoms with van der Waals surface area (Å²) in [6, 6.07) is 4.50. The summed E-state index contributed by atoms with van der Waals surface area (Å²) < 4.78 is 0. The van der Waals surface area contributed by atoms with Gasteiger partial charge in [-0.15, -0.1) is 0 Å². The molecule has 1 atom stereocenters. The number of piperidine rings is 1. The van der Waals surface area contributed by atoms with Crippen LogP contribution in [0.1, 0.15) is 25.7 Å². The Balaban J connectivity index is 1.84. The van der Waals surface area contributed by atoms with Gasteiger partial charge < -0.3 is 0 Å². The number of hydrogen-bond acceptors (Lipinski definition) is 3. The van der Waals surface area contributed by atoms with Gasteiger partial charge in [-0.2, -0.15) is 0 Å². The lowest BCUT2D eigenvalue weighted by Crippen LogP contribution is -2.44. The first-order valence-corrected chi connectivity index (χ1v) is 7.89. The smallest absolute Gasteiger partial charge is 0.251 e. The molecule has 0 aromatic heterocycles. The van der Waals surface area contributed by atoms with Gasteiger partial charge in [0.05, 0.1) is 28.2 Å². The van der Waals surface area contributed by atoms with Crippen molar-refractivity contribution < 1.29 is 9.59 Å². The summed E-state index contributed by atoms with van der Waals surface area (Å²) in [7, 11) is 0. The van der Waals surface area contributed by atoms with E-state index < -0.39 is 0 Å². The van der Waals surface area contributed by atoms with E-state index in [-0.39, 0.29) is 24.3 Å². The molecule has 21 heavy (non-hydrogen) atoms. The van der Waals surface area contributed by atoms with Gasteiger partial charge in [0.15, 0.2) is 0 Å². The standard InChI is InChI=1S/C15H16Cl2N2O2/c16-11-5-4-10(8-12(11)17)19-14(20)9-13(15(19)21)18-6-2-1-3-7-18/h4-5,8,13H,1-3,6-7,9H2/t13-/m1/s1. The van der Waals surface area contributed by atoms with Crippen LogP contribution in [0.25, 0.3) is 0 Å². The van der Waals surface area contributed by atoms with Crippen molar-refractivity contribution in [2.45, 2.75) is 31.7 Å². The molecule has 0 radical (unpaired) electrons. The molecule has 3 rings (SSSR count). The van der Waals surface area contributed by atoms with Crippen LogP contribution < -0.4 is 4.90 Å². The third kappa shape index (κ3) is 2.80. The molecule has 2 heterocycles. The normalized spacial score (nSPS) is 23.9. The lowest BCUT2D eigenvalue weighted by atomic mass is 10.1. The number of rotatable bonds is 2. The molecule has 1 aromatic carbocycles. The van der Waals surface area contributed by atoms with Gasteiger partial charge in [0, 0.05) is 0 Å². The molecule has 0 aliphatic carbocycles. The molecule has 0 unspecified atom stereocenters. The van der Waals surface area contributed by atoms with Gasteiger partial charge in [-0.05, 0) is 44.1 Å². The predicted octanol–water partition coefficient (Wildman–Crippen LogP) is 3.11. The van der Waals surface area contributed by atoms with Crippen molar-refractivity contribution in [2.24, 2.45) is 0 Å². The Morgan fingerprint density at radius 2 is 1.71 bits per heavy atom. The summed E-state index contributed by atoms with van der Waals surface area (Å²) in [6.07, 6.45) is 3.62. The van der Waals surface area contributed by atoms with Crippen LogP contribution in [0.3, 0.4) is 0 Å². The summed E-state index contributed by atoms with van der Waals surface area (Å²) in [5.74, 6) is -0.325. The number of benzene rings is 1. The molecular weight excluding hydrogens is 311 g/mol. The summed E-state index contributed by atoms with van der Waals surface area (Å²) in [5.41, 5.74) is 0.499. The highest BCUT2D eigenvalue weighted by Crippen LogP contribution is 2.31. The Morgan fingerprint density at radius 1 is 1.00 bits per heavy atom. The van der Waals surface area contributed by atoms with E-state index in [0.717, 1.165) is 25.9 Å². The van der Waals surface area contributed by atoms with Crippen molar-refractivity contribution in [1.29, 1.82) is 0 Å². The van der Waals surface area contributed by atoms with Gasteiger partial charge in [0.2, 0.25) is 5.91 Å². The zero-order valence-electron chi connectivity index (χ0n) is 11.5. The minimum absolute atomic E-state index is 0.153. The molecule has 1 aromatic rings. The molecule has 0 saturated carbocycles. The zero-order chi connectivity index (χ0) is 15.0. The van der Waals surface area contributed by atoms with Crippen LogP contribution in [-0.2, 0) is 9.59 Å². The van der Waals surface area contributed by atoms with E-state index in [1.165, 1.54) is 11.3 Å². The monoisotopic (exact) mass is 326 g/mol. The van der Waals surface area contributed by atoms with Crippen molar-refractivity contribution >= 4 is 40.7 Å². The number of carbonyl (C=O) groups excluding carboxylic acids is 2. The topological polar surface area (TPSA) is 40.6 Å². The second-order valence-corrected chi connectivity index (χ2v) is 6.30. The largest absolute Gasteiger partial charge is 0.292 e. The lowest BCUT2D eigenvalue weighted by molar-refractivity contribution is -0.123. The lowest BCUT2D eigenvalue weighted by Gasteiger charge is -2.30. The van der Waals surface area contributed by atoms with E-state index in [9.17, 15) is 9.59 Å². The zero-order valence-corrected chi connectivity index (χ0v) is 13.0. The summed E-state index contributed by atoms with van der Waals surface area (Å²) in [5, 5.41) is 0.753. The number of hydrogen-bond donors (Lipinski definition) is 0. The Bertz CT molecular complexity index is 585. The second-order valence-electron chi connectivity index (χ2n) is 5.48. The van der Waals surface area contributed by atoms with Crippen molar-refractivity contribution in [3.05, 3.63) is 28.2 Å². The van der Waals surface area contributed by atoms with E-state index >= 15 is 0 Å². The first-order chi connectivity index (χ1) is 10.1. The van der Waals surface area contributed by atoms with Gasteiger partial charge in [-0.3, -0.25) is 14.5 Å². The summed E-state index contributed by atoms with van der Waals surface area (Å²) in [6.45, 7) is 1.78. The fourth-order valence-corrected chi connectivity index (χ4v) is 3.32. The molecule has 2 amide bonds. The second kappa shape index (κ2) is 5.95. The van der Waals surface area contributed by atoms with Crippen LogP contribution in [-0.4, -0.2) is 35.8 Å². The van der Waals surface area contributed by atoms with Crippen LogP contribution in [0, 0.1) is 0 Å². The van der Waals surface area contributed by atoms with Crippen molar-refractivity contribution in [2.75, 3.05) is 18.0 Å². The van der Waals surface area contributed by atoms with Crippen molar-refractivity contribution in [3.63, 3.8) is 0 Å². The molecule has 112 valence electrons. The summed E-state index contributed by atoms with van der Waals surface area (Å²) in [4.78, 5) is 28.2. The number of carbonyl (C=O) groups is 2. The number of amides is 2. The fraction of sp³-hybridized carbons (Fsp3) is 0.467. The number of likely N-dealkylation sites (tertiary alicyclic amines) is 1.